The first kappa shape index (κ1) is 24.9. The van der Waals surface area contributed by atoms with Crippen LogP contribution in [0.1, 0.15) is 36.0 Å². The molecule has 1 amide bonds. The highest BCUT2D eigenvalue weighted by atomic mass is 32.2. The van der Waals surface area contributed by atoms with Crippen molar-refractivity contribution < 1.29 is 13.9 Å². The van der Waals surface area contributed by atoms with Crippen molar-refractivity contribution >= 4 is 46.4 Å². The standard InChI is InChI=1S/C28H26N4O3S2/c1-17-7-10-20(11-8-17)37-25-14-13-24(35-25)27-26(21-6-4-5-15-29-21)31-28(36)32(27)19-9-12-23(34-3)22(16-19)30-18(2)33/h4-16,26-27H,1-3H3,(H,30,33)(H,31,36)/t26-,27-/m1/s1. The van der Waals surface area contributed by atoms with Crippen LogP contribution >= 0.6 is 24.0 Å². The summed E-state index contributed by atoms with van der Waals surface area (Å²) in [6.45, 7) is 3.53. The lowest BCUT2D eigenvalue weighted by atomic mass is 10.0. The molecule has 37 heavy (non-hydrogen) atoms. The molecule has 2 N–H and O–H groups in total. The molecule has 0 aliphatic carbocycles. The van der Waals surface area contributed by atoms with Gasteiger partial charge in [-0.25, -0.2) is 0 Å². The average molecular weight is 531 g/mol. The number of pyridine rings is 1. The van der Waals surface area contributed by atoms with Crippen molar-refractivity contribution in [1.82, 2.24) is 10.3 Å². The molecule has 4 aromatic rings. The van der Waals surface area contributed by atoms with Gasteiger partial charge in [0.2, 0.25) is 5.91 Å². The number of anilines is 2. The number of carbonyl (C=O) groups excluding carboxylic acids is 1. The molecule has 188 valence electrons. The Hall–Kier alpha value is -3.82. The molecule has 0 unspecified atom stereocenters. The fourth-order valence-corrected chi connectivity index (χ4v) is 5.45. The summed E-state index contributed by atoms with van der Waals surface area (Å²) in [6, 6.07) is 23.1. The van der Waals surface area contributed by atoms with Gasteiger partial charge in [-0.15, -0.1) is 0 Å². The van der Waals surface area contributed by atoms with Crippen LogP contribution in [0.2, 0.25) is 0 Å². The van der Waals surface area contributed by atoms with Crippen molar-refractivity contribution in [3.8, 4) is 5.75 Å². The van der Waals surface area contributed by atoms with Crippen LogP contribution in [0.4, 0.5) is 11.4 Å². The summed E-state index contributed by atoms with van der Waals surface area (Å²) in [5.41, 5.74) is 3.40. The summed E-state index contributed by atoms with van der Waals surface area (Å²) in [5.74, 6) is 1.11. The molecule has 2 aromatic carbocycles. The van der Waals surface area contributed by atoms with Gasteiger partial charge in [-0.05, 0) is 73.7 Å². The lowest BCUT2D eigenvalue weighted by molar-refractivity contribution is -0.114. The highest BCUT2D eigenvalue weighted by molar-refractivity contribution is 7.99. The van der Waals surface area contributed by atoms with Gasteiger partial charge >= 0.3 is 0 Å². The summed E-state index contributed by atoms with van der Waals surface area (Å²) >= 11 is 7.38. The average Bonchev–Trinajstić information content (AvgIpc) is 3.49. The maximum Gasteiger partial charge on any atom is 0.221 e. The second-order valence-corrected chi connectivity index (χ2v) is 10.1. The van der Waals surface area contributed by atoms with E-state index in [0.717, 1.165) is 27.1 Å². The molecule has 3 heterocycles. The quantitative estimate of drug-likeness (QED) is 0.270. The molecule has 0 saturated carbocycles. The number of nitrogens with one attached hydrogen (secondary N) is 2. The molecule has 0 spiro atoms. The van der Waals surface area contributed by atoms with E-state index in [1.807, 2.05) is 53.4 Å². The van der Waals surface area contributed by atoms with Crippen LogP contribution in [0.15, 0.2) is 93.4 Å². The van der Waals surface area contributed by atoms with Crippen molar-refractivity contribution in [2.75, 3.05) is 17.3 Å². The Bertz CT molecular complexity index is 1420. The minimum Gasteiger partial charge on any atom is -0.495 e. The number of aromatic nitrogens is 1. The predicted molar refractivity (Wildman–Crippen MR) is 149 cm³/mol. The highest BCUT2D eigenvalue weighted by Crippen LogP contribution is 2.44. The summed E-state index contributed by atoms with van der Waals surface area (Å²) in [4.78, 5) is 19.5. The molecule has 5 rings (SSSR count). The van der Waals surface area contributed by atoms with E-state index in [1.54, 1.807) is 25.1 Å². The monoisotopic (exact) mass is 530 g/mol. The molecule has 1 aliphatic heterocycles. The van der Waals surface area contributed by atoms with Crippen LogP contribution < -0.4 is 20.3 Å². The third kappa shape index (κ3) is 5.33. The number of benzene rings is 2. The van der Waals surface area contributed by atoms with Crippen LogP contribution in [-0.2, 0) is 4.79 Å². The predicted octanol–water partition coefficient (Wildman–Crippen LogP) is 6.28. The summed E-state index contributed by atoms with van der Waals surface area (Å²) in [7, 11) is 1.57. The van der Waals surface area contributed by atoms with E-state index in [1.165, 1.54) is 12.5 Å². The summed E-state index contributed by atoms with van der Waals surface area (Å²) in [5, 5.41) is 7.59. The number of carbonyl (C=O) groups is 1. The van der Waals surface area contributed by atoms with Gasteiger partial charge in [0, 0.05) is 23.7 Å². The molecule has 9 heteroatoms. The molecule has 7 nitrogen and oxygen atoms in total. The van der Waals surface area contributed by atoms with E-state index < -0.39 is 0 Å². The Morgan fingerprint density at radius 1 is 1.14 bits per heavy atom. The number of amides is 1. The highest BCUT2D eigenvalue weighted by Gasteiger charge is 2.42. The first-order valence-electron chi connectivity index (χ1n) is 11.7. The Labute approximate surface area is 225 Å². The number of ether oxygens (including phenoxy) is 1. The van der Waals surface area contributed by atoms with Crippen LogP contribution in [0.25, 0.3) is 0 Å². The number of nitrogens with zero attached hydrogens (tertiary/aromatic N) is 2. The molecule has 1 fully saturated rings. The van der Waals surface area contributed by atoms with Gasteiger partial charge in [0.05, 0.1) is 24.5 Å². The fraction of sp³-hybridized carbons (Fsp3) is 0.179. The zero-order chi connectivity index (χ0) is 25.9. The van der Waals surface area contributed by atoms with Crippen LogP contribution in [-0.4, -0.2) is 23.1 Å². The molecule has 2 atom stereocenters. The molecule has 0 radical (unpaired) electrons. The molecule has 1 saturated heterocycles. The SMILES string of the molecule is COc1ccc(N2C(=S)N[C@H](c3ccccn3)[C@H]2c2ccc(Sc3ccc(C)cc3)o2)cc1NC(C)=O. The molecular weight excluding hydrogens is 504 g/mol. The zero-order valence-corrected chi connectivity index (χ0v) is 22.2. The zero-order valence-electron chi connectivity index (χ0n) is 20.6. The van der Waals surface area contributed by atoms with Gasteiger partial charge in [0.15, 0.2) is 10.2 Å². The number of thiocarbonyl (C=S) groups is 1. The van der Waals surface area contributed by atoms with Gasteiger partial charge in [0.1, 0.15) is 17.6 Å². The van der Waals surface area contributed by atoms with E-state index in [2.05, 4.69) is 46.8 Å². The van der Waals surface area contributed by atoms with Crippen molar-refractivity contribution in [2.24, 2.45) is 0 Å². The molecule has 0 bridgehead atoms. The van der Waals surface area contributed by atoms with E-state index in [0.29, 0.717) is 16.5 Å². The van der Waals surface area contributed by atoms with Gasteiger partial charge in [0.25, 0.3) is 0 Å². The normalized spacial score (nSPS) is 16.9. The summed E-state index contributed by atoms with van der Waals surface area (Å²) < 4.78 is 11.8. The number of aryl methyl sites for hydroxylation is 1. The number of rotatable bonds is 7. The maximum absolute atomic E-state index is 11.8. The second kappa shape index (κ2) is 10.7. The number of hydrogen-bond donors (Lipinski definition) is 2. The van der Waals surface area contributed by atoms with Gasteiger partial charge in [-0.3, -0.25) is 9.78 Å². The lowest BCUT2D eigenvalue weighted by Gasteiger charge is -2.27. The van der Waals surface area contributed by atoms with E-state index >= 15 is 0 Å². The third-order valence-electron chi connectivity index (χ3n) is 6.00. The van der Waals surface area contributed by atoms with E-state index in [4.69, 9.17) is 21.4 Å². The van der Waals surface area contributed by atoms with Crippen molar-refractivity contribution in [3.05, 3.63) is 96.0 Å². The fourth-order valence-electron chi connectivity index (χ4n) is 4.33. The number of hydrogen-bond acceptors (Lipinski definition) is 6. The van der Waals surface area contributed by atoms with Gasteiger partial charge in [-0.2, -0.15) is 0 Å². The first-order valence-corrected chi connectivity index (χ1v) is 13.0. The van der Waals surface area contributed by atoms with E-state index in [9.17, 15) is 4.79 Å². The number of methoxy groups -OCH3 is 1. The van der Waals surface area contributed by atoms with E-state index in [-0.39, 0.29) is 18.0 Å². The lowest BCUT2D eigenvalue weighted by Crippen LogP contribution is -2.29. The first-order chi connectivity index (χ1) is 17.9. The largest absolute Gasteiger partial charge is 0.495 e. The molecule has 2 aromatic heterocycles. The second-order valence-electron chi connectivity index (χ2n) is 8.63. The van der Waals surface area contributed by atoms with Crippen LogP contribution in [0.5, 0.6) is 5.75 Å². The van der Waals surface area contributed by atoms with Crippen LogP contribution in [0, 0.1) is 6.92 Å². The topological polar surface area (TPSA) is 79.6 Å². The summed E-state index contributed by atoms with van der Waals surface area (Å²) in [6.07, 6.45) is 1.77. The van der Waals surface area contributed by atoms with Gasteiger partial charge in [-0.1, -0.05) is 35.5 Å². The Kier molecular flexibility index (Phi) is 7.16. The Morgan fingerprint density at radius 2 is 1.95 bits per heavy atom. The van der Waals surface area contributed by atoms with Crippen molar-refractivity contribution in [3.63, 3.8) is 0 Å². The molecule has 1 aliphatic rings. The maximum atomic E-state index is 11.8. The van der Waals surface area contributed by atoms with Crippen molar-refractivity contribution in [2.45, 2.75) is 35.9 Å². The van der Waals surface area contributed by atoms with Crippen LogP contribution in [0.3, 0.4) is 0 Å². The number of furan rings is 1. The third-order valence-corrected chi connectivity index (χ3v) is 7.25. The Morgan fingerprint density at radius 3 is 2.65 bits per heavy atom. The minimum atomic E-state index is -0.312. The minimum absolute atomic E-state index is 0.190. The smallest absolute Gasteiger partial charge is 0.221 e. The Balaban J connectivity index is 1.54. The molecular formula is C28H26N4O3S2. The van der Waals surface area contributed by atoms with Crippen molar-refractivity contribution in [1.29, 1.82) is 0 Å². The van der Waals surface area contributed by atoms with Gasteiger partial charge < -0.3 is 24.7 Å².